The first kappa shape index (κ1) is 14.5. The molecule has 1 aromatic rings. The number of carboxylic acids is 1. The zero-order valence-electron chi connectivity index (χ0n) is 11.3. The highest BCUT2D eigenvalue weighted by molar-refractivity contribution is 5.86. The van der Waals surface area contributed by atoms with Gasteiger partial charge in [0.25, 0.3) is 0 Å². The Hall–Kier alpha value is -1.88. The Morgan fingerprint density at radius 2 is 1.85 bits per heavy atom. The number of carbonyl (C=O) groups excluding carboxylic acids is 1. The summed E-state index contributed by atoms with van der Waals surface area (Å²) in [6.45, 7) is 0. The maximum atomic E-state index is 12.2. The van der Waals surface area contributed by atoms with Gasteiger partial charge in [-0.05, 0) is 18.4 Å². The molecule has 1 aliphatic carbocycles. The zero-order valence-corrected chi connectivity index (χ0v) is 11.3. The van der Waals surface area contributed by atoms with Crippen LogP contribution in [0.5, 0.6) is 0 Å². The number of nitrogens with two attached hydrogens (primary N) is 1. The third kappa shape index (κ3) is 3.36. The number of hydrogen-bond donors (Lipinski definition) is 3. The molecule has 0 saturated heterocycles. The Balaban J connectivity index is 2.08. The Morgan fingerprint density at radius 3 is 2.45 bits per heavy atom. The summed E-state index contributed by atoms with van der Waals surface area (Å²) in [5, 5.41) is 11.9. The van der Waals surface area contributed by atoms with Gasteiger partial charge in [0.2, 0.25) is 5.91 Å². The monoisotopic (exact) mass is 276 g/mol. The average molecular weight is 276 g/mol. The fraction of sp³-hybridized carbons (Fsp3) is 0.467. The second kappa shape index (κ2) is 6.52. The Labute approximate surface area is 118 Å². The minimum absolute atomic E-state index is 0.172. The normalized spacial score (nSPS) is 23.9. The van der Waals surface area contributed by atoms with E-state index in [4.69, 9.17) is 5.73 Å². The van der Waals surface area contributed by atoms with Gasteiger partial charge in [0, 0.05) is 6.04 Å². The third-order valence-corrected chi connectivity index (χ3v) is 3.82. The van der Waals surface area contributed by atoms with Crippen LogP contribution < -0.4 is 11.1 Å². The van der Waals surface area contributed by atoms with Crippen LogP contribution in [0.4, 0.5) is 0 Å². The summed E-state index contributed by atoms with van der Waals surface area (Å²) < 4.78 is 0. The number of aliphatic carboxylic acids is 1. The van der Waals surface area contributed by atoms with E-state index in [0.717, 1.165) is 25.7 Å². The van der Waals surface area contributed by atoms with Gasteiger partial charge >= 0.3 is 5.97 Å². The molecule has 108 valence electrons. The zero-order chi connectivity index (χ0) is 14.5. The molecule has 5 nitrogen and oxygen atoms in total. The average Bonchev–Trinajstić information content (AvgIpc) is 2.45. The molecule has 1 aliphatic rings. The molecular formula is C15H20N2O3. The van der Waals surface area contributed by atoms with Gasteiger partial charge in [0.1, 0.15) is 0 Å². The first-order chi connectivity index (χ1) is 9.59. The van der Waals surface area contributed by atoms with Crippen LogP contribution in [0.3, 0.4) is 0 Å². The molecule has 3 unspecified atom stereocenters. The van der Waals surface area contributed by atoms with Crippen LogP contribution in [0.15, 0.2) is 30.3 Å². The number of hydrogen-bond acceptors (Lipinski definition) is 3. The highest BCUT2D eigenvalue weighted by Crippen LogP contribution is 2.24. The van der Waals surface area contributed by atoms with E-state index in [2.05, 4.69) is 5.32 Å². The van der Waals surface area contributed by atoms with Crippen LogP contribution in [0.2, 0.25) is 0 Å². The lowest BCUT2D eigenvalue weighted by Gasteiger charge is -2.28. The van der Waals surface area contributed by atoms with Crippen molar-refractivity contribution < 1.29 is 14.7 Å². The molecule has 2 rings (SSSR count). The van der Waals surface area contributed by atoms with E-state index in [1.807, 2.05) is 0 Å². The second-order valence-electron chi connectivity index (χ2n) is 5.25. The van der Waals surface area contributed by atoms with Gasteiger partial charge in [0.05, 0.1) is 5.92 Å². The van der Waals surface area contributed by atoms with E-state index >= 15 is 0 Å². The number of rotatable bonds is 4. The van der Waals surface area contributed by atoms with Gasteiger partial charge in [-0.3, -0.25) is 4.79 Å². The van der Waals surface area contributed by atoms with E-state index in [1.165, 1.54) is 0 Å². The molecule has 1 amide bonds. The predicted octanol–water partition coefficient (Wildman–Crippen LogP) is 1.45. The highest BCUT2D eigenvalue weighted by atomic mass is 16.4. The fourth-order valence-corrected chi connectivity index (χ4v) is 2.67. The summed E-state index contributed by atoms with van der Waals surface area (Å²) in [4.78, 5) is 23.6. The summed E-state index contributed by atoms with van der Waals surface area (Å²) in [6, 6.07) is 7.51. The van der Waals surface area contributed by atoms with Crippen LogP contribution in [-0.4, -0.2) is 23.0 Å². The maximum Gasteiger partial charge on any atom is 0.330 e. The lowest BCUT2D eigenvalue weighted by molar-refractivity contribution is -0.143. The third-order valence-electron chi connectivity index (χ3n) is 3.82. The van der Waals surface area contributed by atoms with Crippen molar-refractivity contribution in [2.24, 2.45) is 11.7 Å². The van der Waals surface area contributed by atoms with E-state index in [9.17, 15) is 14.7 Å². The quantitative estimate of drug-likeness (QED) is 0.776. The standard InChI is InChI=1S/C15H20N2O3/c16-12-9-5-4-8-11(12)14(18)17-13(15(19)20)10-6-2-1-3-7-10/h1-3,6-7,11-13H,4-5,8-9,16H2,(H,17,18)(H,19,20). The molecule has 1 saturated carbocycles. The summed E-state index contributed by atoms with van der Waals surface area (Å²) in [5.41, 5.74) is 6.53. The minimum Gasteiger partial charge on any atom is -0.479 e. The second-order valence-corrected chi connectivity index (χ2v) is 5.25. The van der Waals surface area contributed by atoms with Crippen LogP contribution in [0.25, 0.3) is 0 Å². The van der Waals surface area contributed by atoms with Gasteiger partial charge in [-0.2, -0.15) is 0 Å². The first-order valence-electron chi connectivity index (χ1n) is 6.93. The largest absolute Gasteiger partial charge is 0.479 e. The molecule has 1 aromatic carbocycles. The smallest absolute Gasteiger partial charge is 0.330 e. The molecule has 3 atom stereocenters. The van der Waals surface area contributed by atoms with E-state index in [0.29, 0.717) is 5.56 Å². The van der Waals surface area contributed by atoms with Crippen molar-refractivity contribution in [1.29, 1.82) is 0 Å². The van der Waals surface area contributed by atoms with Crippen molar-refractivity contribution in [2.75, 3.05) is 0 Å². The lowest BCUT2D eigenvalue weighted by Crippen LogP contribution is -2.46. The summed E-state index contributed by atoms with van der Waals surface area (Å²) >= 11 is 0. The van der Waals surface area contributed by atoms with Gasteiger partial charge in [0.15, 0.2) is 6.04 Å². The van der Waals surface area contributed by atoms with Crippen molar-refractivity contribution in [3.8, 4) is 0 Å². The lowest BCUT2D eigenvalue weighted by atomic mass is 9.84. The number of nitrogens with one attached hydrogen (secondary N) is 1. The number of carboxylic acid groups (broad SMARTS) is 1. The Bertz CT molecular complexity index is 475. The number of carbonyl (C=O) groups is 2. The molecule has 0 bridgehead atoms. The van der Waals surface area contributed by atoms with Crippen molar-refractivity contribution >= 4 is 11.9 Å². The first-order valence-corrected chi connectivity index (χ1v) is 6.93. The van der Waals surface area contributed by atoms with Crippen molar-refractivity contribution in [3.05, 3.63) is 35.9 Å². The van der Waals surface area contributed by atoms with Gasteiger partial charge in [-0.25, -0.2) is 4.79 Å². The summed E-state index contributed by atoms with van der Waals surface area (Å²) in [7, 11) is 0. The fourth-order valence-electron chi connectivity index (χ4n) is 2.67. The summed E-state index contributed by atoms with van der Waals surface area (Å²) in [6.07, 6.45) is 3.55. The van der Waals surface area contributed by atoms with Crippen molar-refractivity contribution in [3.63, 3.8) is 0 Å². The molecule has 0 aliphatic heterocycles. The molecule has 5 heteroatoms. The molecule has 20 heavy (non-hydrogen) atoms. The number of amides is 1. The minimum atomic E-state index is -1.06. The van der Waals surface area contributed by atoms with Crippen LogP contribution in [0.1, 0.15) is 37.3 Å². The Kier molecular flexibility index (Phi) is 4.74. The van der Waals surface area contributed by atoms with E-state index in [1.54, 1.807) is 30.3 Å². The summed E-state index contributed by atoms with van der Waals surface area (Å²) in [5.74, 6) is -1.60. The highest BCUT2D eigenvalue weighted by Gasteiger charge is 2.31. The van der Waals surface area contributed by atoms with Gasteiger partial charge < -0.3 is 16.2 Å². The van der Waals surface area contributed by atoms with Gasteiger partial charge in [-0.1, -0.05) is 43.2 Å². The molecular weight excluding hydrogens is 256 g/mol. The number of benzene rings is 1. The molecule has 0 heterocycles. The molecule has 0 radical (unpaired) electrons. The van der Waals surface area contributed by atoms with Crippen molar-refractivity contribution in [2.45, 2.75) is 37.8 Å². The van der Waals surface area contributed by atoms with E-state index in [-0.39, 0.29) is 17.9 Å². The predicted molar refractivity (Wildman–Crippen MR) is 74.9 cm³/mol. The molecule has 1 fully saturated rings. The van der Waals surface area contributed by atoms with Crippen LogP contribution in [-0.2, 0) is 9.59 Å². The van der Waals surface area contributed by atoms with Gasteiger partial charge in [-0.15, -0.1) is 0 Å². The SMILES string of the molecule is NC1CCCCC1C(=O)NC(C(=O)O)c1ccccc1. The van der Waals surface area contributed by atoms with Crippen LogP contribution in [0, 0.1) is 5.92 Å². The Morgan fingerprint density at radius 1 is 1.20 bits per heavy atom. The van der Waals surface area contributed by atoms with E-state index < -0.39 is 12.0 Å². The molecule has 4 N–H and O–H groups in total. The molecule has 0 spiro atoms. The van der Waals surface area contributed by atoms with Crippen molar-refractivity contribution in [1.82, 2.24) is 5.32 Å². The van der Waals surface area contributed by atoms with Crippen LogP contribution >= 0.6 is 0 Å². The molecule has 0 aromatic heterocycles. The topological polar surface area (TPSA) is 92.4 Å². The maximum absolute atomic E-state index is 12.2.